The Hall–Kier alpha value is -1.07. The molecule has 0 fully saturated rings. The standard InChI is InChI=1S/C11H18N2O2S/c1-3-4-8(6-12)13-11(14)10-5-9(15-2)7-16-10/h5,7-8H,3-4,6,12H2,1-2H3,(H,13,14). The van der Waals surface area contributed by atoms with E-state index >= 15 is 0 Å². The first-order valence-electron chi connectivity index (χ1n) is 5.34. The summed E-state index contributed by atoms with van der Waals surface area (Å²) >= 11 is 1.37. The summed E-state index contributed by atoms with van der Waals surface area (Å²) in [7, 11) is 1.59. The molecule has 1 amide bonds. The zero-order valence-electron chi connectivity index (χ0n) is 9.66. The van der Waals surface area contributed by atoms with E-state index in [1.807, 2.05) is 5.38 Å². The lowest BCUT2D eigenvalue weighted by Crippen LogP contribution is -2.39. The molecule has 0 saturated carbocycles. The molecule has 0 aromatic carbocycles. The van der Waals surface area contributed by atoms with Crippen molar-refractivity contribution in [2.45, 2.75) is 25.8 Å². The molecule has 1 rings (SSSR count). The number of ether oxygens (including phenoxy) is 1. The number of thiophene rings is 1. The zero-order valence-corrected chi connectivity index (χ0v) is 10.5. The van der Waals surface area contributed by atoms with Gasteiger partial charge in [0, 0.05) is 24.0 Å². The maximum absolute atomic E-state index is 11.8. The van der Waals surface area contributed by atoms with E-state index < -0.39 is 0 Å². The van der Waals surface area contributed by atoms with Crippen LogP contribution in [0.15, 0.2) is 11.4 Å². The quantitative estimate of drug-likeness (QED) is 0.796. The molecule has 1 aromatic rings. The summed E-state index contributed by atoms with van der Waals surface area (Å²) in [4.78, 5) is 12.5. The first-order chi connectivity index (χ1) is 7.71. The van der Waals surface area contributed by atoms with E-state index in [0.29, 0.717) is 11.4 Å². The van der Waals surface area contributed by atoms with Crippen LogP contribution in [0.4, 0.5) is 0 Å². The molecule has 3 N–H and O–H groups in total. The zero-order chi connectivity index (χ0) is 12.0. The first kappa shape index (κ1) is 13.0. The van der Waals surface area contributed by atoms with Crippen molar-refractivity contribution in [2.75, 3.05) is 13.7 Å². The fourth-order valence-corrected chi connectivity index (χ4v) is 2.16. The van der Waals surface area contributed by atoms with Crippen molar-refractivity contribution >= 4 is 17.2 Å². The molecular formula is C11H18N2O2S. The van der Waals surface area contributed by atoms with Gasteiger partial charge in [0.1, 0.15) is 5.75 Å². The van der Waals surface area contributed by atoms with Gasteiger partial charge < -0.3 is 15.8 Å². The highest BCUT2D eigenvalue weighted by Crippen LogP contribution is 2.20. The topological polar surface area (TPSA) is 64.3 Å². The van der Waals surface area contributed by atoms with Gasteiger partial charge in [0.05, 0.1) is 12.0 Å². The highest BCUT2D eigenvalue weighted by molar-refractivity contribution is 7.12. The second kappa shape index (κ2) is 6.50. The number of rotatable bonds is 6. The highest BCUT2D eigenvalue weighted by atomic mass is 32.1. The Bertz CT molecular complexity index is 338. The minimum Gasteiger partial charge on any atom is -0.496 e. The summed E-state index contributed by atoms with van der Waals surface area (Å²) in [6, 6.07) is 1.80. The molecule has 1 heterocycles. The van der Waals surface area contributed by atoms with Gasteiger partial charge in [0.15, 0.2) is 0 Å². The van der Waals surface area contributed by atoms with Crippen LogP contribution in [0.1, 0.15) is 29.4 Å². The Kier molecular flexibility index (Phi) is 5.28. The van der Waals surface area contributed by atoms with Crippen molar-refractivity contribution in [3.05, 3.63) is 16.3 Å². The van der Waals surface area contributed by atoms with Crippen LogP contribution in [0.3, 0.4) is 0 Å². The van der Waals surface area contributed by atoms with Gasteiger partial charge in [-0.2, -0.15) is 0 Å². The SMILES string of the molecule is CCCC(CN)NC(=O)c1cc(OC)cs1. The number of methoxy groups -OCH3 is 1. The second-order valence-electron chi connectivity index (χ2n) is 3.55. The Morgan fingerprint density at radius 2 is 2.44 bits per heavy atom. The number of nitrogens with two attached hydrogens (primary N) is 1. The molecule has 4 nitrogen and oxygen atoms in total. The van der Waals surface area contributed by atoms with Crippen molar-refractivity contribution < 1.29 is 9.53 Å². The highest BCUT2D eigenvalue weighted by Gasteiger charge is 2.13. The molecule has 0 bridgehead atoms. The van der Waals surface area contributed by atoms with Crippen LogP contribution < -0.4 is 15.8 Å². The smallest absolute Gasteiger partial charge is 0.261 e. The molecule has 1 atom stereocenters. The van der Waals surface area contributed by atoms with E-state index in [1.165, 1.54) is 11.3 Å². The van der Waals surface area contributed by atoms with Crippen LogP contribution in [0.25, 0.3) is 0 Å². The molecule has 0 aliphatic carbocycles. The molecule has 0 saturated heterocycles. The van der Waals surface area contributed by atoms with Gasteiger partial charge in [0.25, 0.3) is 5.91 Å². The van der Waals surface area contributed by atoms with Crippen LogP contribution in [-0.2, 0) is 0 Å². The van der Waals surface area contributed by atoms with Gasteiger partial charge in [0.2, 0.25) is 0 Å². The summed E-state index contributed by atoms with van der Waals surface area (Å²) in [5.41, 5.74) is 5.58. The third kappa shape index (κ3) is 3.50. The molecule has 0 aliphatic heterocycles. The summed E-state index contributed by atoms with van der Waals surface area (Å²) in [6.45, 7) is 2.55. The lowest BCUT2D eigenvalue weighted by Gasteiger charge is -2.14. The molecule has 90 valence electrons. The van der Waals surface area contributed by atoms with Crippen molar-refractivity contribution in [2.24, 2.45) is 5.73 Å². The normalized spacial score (nSPS) is 12.2. The summed E-state index contributed by atoms with van der Waals surface area (Å²) < 4.78 is 5.03. The molecule has 1 aromatic heterocycles. The minimum atomic E-state index is -0.0720. The van der Waals surface area contributed by atoms with Gasteiger partial charge in [-0.3, -0.25) is 4.79 Å². The predicted molar refractivity (Wildman–Crippen MR) is 66.1 cm³/mol. The number of carbonyl (C=O) groups is 1. The van der Waals surface area contributed by atoms with Crippen molar-refractivity contribution in [3.63, 3.8) is 0 Å². The lowest BCUT2D eigenvalue weighted by molar-refractivity contribution is 0.0940. The Balaban J connectivity index is 2.56. The van der Waals surface area contributed by atoms with Crippen LogP contribution in [-0.4, -0.2) is 25.6 Å². The van der Waals surface area contributed by atoms with Gasteiger partial charge in [-0.1, -0.05) is 13.3 Å². The van der Waals surface area contributed by atoms with Crippen molar-refractivity contribution in [1.82, 2.24) is 5.32 Å². The van der Waals surface area contributed by atoms with Crippen LogP contribution in [0.5, 0.6) is 5.75 Å². The van der Waals surface area contributed by atoms with Crippen LogP contribution in [0, 0.1) is 0 Å². The van der Waals surface area contributed by atoms with Crippen molar-refractivity contribution in [3.8, 4) is 5.75 Å². The average molecular weight is 242 g/mol. The van der Waals surface area contributed by atoms with Crippen molar-refractivity contribution in [1.29, 1.82) is 0 Å². The third-order valence-electron chi connectivity index (χ3n) is 2.29. The second-order valence-corrected chi connectivity index (χ2v) is 4.46. The van der Waals surface area contributed by atoms with Crippen LogP contribution >= 0.6 is 11.3 Å². The van der Waals surface area contributed by atoms with E-state index in [0.717, 1.165) is 18.6 Å². The van der Waals surface area contributed by atoms with Gasteiger partial charge in [-0.15, -0.1) is 11.3 Å². The van der Waals surface area contributed by atoms with E-state index in [4.69, 9.17) is 10.5 Å². The number of amides is 1. The number of nitrogens with one attached hydrogen (secondary N) is 1. The van der Waals surface area contributed by atoms with E-state index in [1.54, 1.807) is 13.2 Å². The number of hydrogen-bond acceptors (Lipinski definition) is 4. The summed E-state index contributed by atoms with van der Waals surface area (Å²) in [6.07, 6.45) is 1.92. The minimum absolute atomic E-state index is 0.0607. The maximum atomic E-state index is 11.8. The van der Waals surface area contributed by atoms with E-state index in [9.17, 15) is 4.79 Å². The fraction of sp³-hybridized carbons (Fsp3) is 0.545. The van der Waals surface area contributed by atoms with Gasteiger partial charge >= 0.3 is 0 Å². The lowest BCUT2D eigenvalue weighted by atomic mass is 10.1. The van der Waals surface area contributed by atoms with Crippen LogP contribution in [0.2, 0.25) is 0 Å². The third-order valence-corrected chi connectivity index (χ3v) is 3.20. The fourth-order valence-electron chi connectivity index (χ4n) is 1.40. The Morgan fingerprint density at radius 1 is 1.69 bits per heavy atom. The monoisotopic (exact) mass is 242 g/mol. The molecule has 0 aliphatic rings. The van der Waals surface area contributed by atoms with E-state index in [2.05, 4.69) is 12.2 Å². The largest absolute Gasteiger partial charge is 0.496 e. The van der Waals surface area contributed by atoms with Gasteiger partial charge in [-0.05, 0) is 6.42 Å². The first-order valence-corrected chi connectivity index (χ1v) is 6.22. The molecule has 5 heteroatoms. The molecule has 16 heavy (non-hydrogen) atoms. The maximum Gasteiger partial charge on any atom is 0.261 e. The van der Waals surface area contributed by atoms with E-state index in [-0.39, 0.29) is 11.9 Å². The summed E-state index contributed by atoms with van der Waals surface area (Å²) in [5.74, 6) is 0.645. The molecular weight excluding hydrogens is 224 g/mol. The average Bonchev–Trinajstić information content (AvgIpc) is 2.76. The molecule has 0 spiro atoms. The number of hydrogen-bond donors (Lipinski definition) is 2. The number of carbonyl (C=O) groups excluding carboxylic acids is 1. The predicted octanol–water partition coefficient (Wildman–Crippen LogP) is 1.61. The van der Waals surface area contributed by atoms with Gasteiger partial charge in [-0.25, -0.2) is 0 Å². The summed E-state index contributed by atoms with van der Waals surface area (Å²) in [5, 5.41) is 4.72. The molecule has 0 radical (unpaired) electrons. The Morgan fingerprint density at radius 3 is 2.94 bits per heavy atom. The Labute approximate surface area is 99.8 Å². The molecule has 1 unspecified atom stereocenters.